The number of hydrogen-bond acceptors (Lipinski definition) is 4. The van der Waals surface area contributed by atoms with Crippen LogP contribution in [0.15, 0.2) is 35.5 Å². The Hall–Kier alpha value is -1.99. The molecular formula is C16H19FN2O3S. The smallest absolute Gasteiger partial charge is 0.337 e. The molecule has 1 aliphatic rings. The molecule has 0 amide bonds. The fraction of sp³-hybridized carbons (Fsp3) is 0.375. The third-order valence-electron chi connectivity index (χ3n) is 3.70. The van der Waals surface area contributed by atoms with Crippen LogP contribution in [0.4, 0.5) is 4.39 Å². The molecule has 0 spiro atoms. The monoisotopic (exact) mass is 338 g/mol. The van der Waals surface area contributed by atoms with E-state index in [2.05, 4.69) is 5.32 Å². The lowest BCUT2D eigenvalue weighted by Crippen LogP contribution is -2.48. The van der Waals surface area contributed by atoms with Crippen molar-refractivity contribution in [3.63, 3.8) is 0 Å². The van der Waals surface area contributed by atoms with Crippen LogP contribution >= 0.6 is 12.2 Å². The van der Waals surface area contributed by atoms with Crippen molar-refractivity contribution in [3.8, 4) is 0 Å². The van der Waals surface area contributed by atoms with Crippen molar-refractivity contribution in [1.82, 2.24) is 10.2 Å². The van der Waals surface area contributed by atoms with E-state index in [4.69, 9.17) is 21.7 Å². The number of rotatable bonds is 5. The van der Waals surface area contributed by atoms with E-state index in [0.717, 1.165) is 0 Å². The summed E-state index contributed by atoms with van der Waals surface area (Å²) in [5.74, 6) is -0.854. The molecule has 1 aromatic carbocycles. The van der Waals surface area contributed by atoms with E-state index in [1.54, 1.807) is 31.1 Å². The second-order valence-electron chi connectivity index (χ2n) is 5.07. The molecule has 7 heteroatoms. The zero-order valence-electron chi connectivity index (χ0n) is 13.3. The van der Waals surface area contributed by atoms with Gasteiger partial charge in [-0.2, -0.15) is 0 Å². The van der Waals surface area contributed by atoms with Crippen LogP contribution in [-0.2, 0) is 14.3 Å². The molecule has 23 heavy (non-hydrogen) atoms. The summed E-state index contributed by atoms with van der Waals surface area (Å²) < 4.78 is 23.5. The standard InChI is InChI=1S/C16H19FN2O3S/c1-10-13(15(20)22-3)14(11-5-4-6-12(17)9-11)18-16(23)19(10)7-8-21-2/h4-6,9,14H,7-8H2,1-3H3,(H,18,23)/t14-/m0/s1. The van der Waals surface area contributed by atoms with Gasteiger partial charge in [-0.05, 0) is 36.8 Å². The molecule has 5 nitrogen and oxygen atoms in total. The van der Waals surface area contributed by atoms with Gasteiger partial charge < -0.3 is 19.7 Å². The highest BCUT2D eigenvalue weighted by Gasteiger charge is 2.34. The van der Waals surface area contributed by atoms with Gasteiger partial charge in [-0.15, -0.1) is 0 Å². The molecule has 0 fully saturated rings. The van der Waals surface area contributed by atoms with Crippen LogP contribution in [0, 0.1) is 5.82 Å². The maximum Gasteiger partial charge on any atom is 0.337 e. The van der Waals surface area contributed by atoms with E-state index >= 15 is 0 Å². The second-order valence-corrected chi connectivity index (χ2v) is 5.46. The first-order chi connectivity index (χ1) is 11.0. The summed E-state index contributed by atoms with van der Waals surface area (Å²) in [5, 5.41) is 3.55. The van der Waals surface area contributed by atoms with Gasteiger partial charge in [-0.3, -0.25) is 0 Å². The first kappa shape index (κ1) is 17.4. The summed E-state index contributed by atoms with van der Waals surface area (Å²) in [4.78, 5) is 14.0. The molecule has 0 radical (unpaired) electrons. The molecular weight excluding hydrogens is 319 g/mol. The van der Waals surface area contributed by atoms with E-state index in [0.29, 0.717) is 35.1 Å². The summed E-state index contributed by atoms with van der Waals surface area (Å²) in [6, 6.07) is 5.51. The quantitative estimate of drug-likeness (QED) is 0.656. The molecule has 1 aromatic rings. The molecule has 1 atom stereocenters. The van der Waals surface area contributed by atoms with Crippen LogP contribution in [0.5, 0.6) is 0 Å². The number of esters is 1. The molecule has 0 bridgehead atoms. The SMILES string of the molecule is COCCN1C(=S)N[C@@H](c2cccc(F)c2)C(C(=O)OC)=C1C. The number of methoxy groups -OCH3 is 2. The van der Waals surface area contributed by atoms with Crippen molar-refractivity contribution in [1.29, 1.82) is 0 Å². The topological polar surface area (TPSA) is 50.8 Å². The fourth-order valence-corrected chi connectivity index (χ4v) is 2.89. The minimum atomic E-state index is -0.551. The van der Waals surface area contributed by atoms with Gasteiger partial charge in [-0.1, -0.05) is 12.1 Å². The van der Waals surface area contributed by atoms with E-state index in [-0.39, 0.29) is 5.82 Å². The van der Waals surface area contributed by atoms with Gasteiger partial charge in [0, 0.05) is 19.4 Å². The van der Waals surface area contributed by atoms with Crippen molar-refractivity contribution < 1.29 is 18.7 Å². The first-order valence-corrected chi connectivity index (χ1v) is 7.52. The van der Waals surface area contributed by atoms with E-state index in [1.165, 1.54) is 19.2 Å². The number of carbonyl (C=O) groups excluding carboxylic acids is 1. The second kappa shape index (κ2) is 7.52. The normalized spacial score (nSPS) is 18.0. The number of hydrogen-bond donors (Lipinski definition) is 1. The third-order valence-corrected chi connectivity index (χ3v) is 4.04. The van der Waals surface area contributed by atoms with Crippen LogP contribution < -0.4 is 5.32 Å². The average Bonchev–Trinajstić information content (AvgIpc) is 2.53. The molecule has 1 heterocycles. The number of ether oxygens (including phenoxy) is 2. The van der Waals surface area contributed by atoms with Gasteiger partial charge in [0.1, 0.15) is 5.82 Å². The number of benzene rings is 1. The summed E-state index contributed by atoms with van der Waals surface area (Å²) in [6.45, 7) is 2.75. The highest BCUT2D eigenvalue weighted by molar-refractivity contribution is 7.80. The molecule has 0 aromatic heterocycles. The lowest BCUT2D eigenvalue weighted by molar-refractivity contribution is -0.136. The molecule has 124 valence electrons. The van der Waals surface area contributed by atoms with Gasteiger partial charge in [0.2, 0.25) is 0 Å². The zero-order valence-corrected chi connectivity index (χ0v) is 14.1. The van der Waals surface area contributed by atoms with Crippen LogP contribution in [0.3, 0.4) is 0 Å². The van der Waals surface area contributed by atoms with Crippen LogP contribution in [-0.4, -0.2) is 43.4 Å². The summed E-state index contributed by atoms with van der Waals surface area (Å²) >= 11 is 5.38. The number of nitrogens with zero attached hydrogens (tertiary/aromatic N) is 1. The van der Waals surface area contributed by atoms with Crippen molar-refractivity contribution >= 4 is 23.3 Å². The largest absolute Gasteiger partial charge is 0.466 e. The number of allylic oxidation sites excluding steroid dienone is 1. The Kier molecular flexibility index (Phi) is 5.68. The van der Waals surface area contributed by atoms with E-state index < -0.39 is 12.0 Å². The van der Waals surface area contributed by atoms with Crippen molar-refractivity contribution in [2.24, 2.45) is 0 Å². The first-order valence-electron chi connectivity index (χ1n) is 7.11. The van der Waals surface area contributed by atoms with Gasteiger partial charge >= 0.3 is 5.97 Å². The number of halogens is 1. The minimum absolute atomic E-state index is 0.376. The molecule has 0 aliphatic carbocycles. The van der Waals surface area contributed by atoms with Crippen LogP contribution in [0.25, 0.3) is 0 Å². The molecule has 1 N–H and O–H groups in total. The highest BCUT2D eigenvalue weighted by Crippen LogP contribution is 2.31. The Morgan fingerprint density at radius 3 is 2.78 bits per heavy atom. The number of nitrogens with one attached hydrogen (secondary N) is 1. The average molecular weight is 338 g/mol. The van der Waals surface area contributed by atoms with Crippen LogP contribution in [0.1, 0.15) is 18.5 Å². The lowest BCUT2D eigenvalue weighted by atomic mass is 9.95. The zero-order chi connectivity index (χ0) is 17.0. The maximum atomic E-state index is 13.5. The van der Waals surface area contributed by atoms with Gasteiger partial charge in [-0.25, -0.2) is 9.18 Å². The van der Waals surface area contributed by atoms with Gasteiger partial charge in [0.15, 0.2) is 5.11 Å². The van der Waals surface area contributed by atoms with E-state index in [1.807, 2.05) is 0 Å². The third kappa shape index (κ3) is 3.68. The van der Waals surface area contributed by atoms with Crippen molar-refractivity contribution in [2.75, 3.05) is 27.4 Å². The fourth-order valence-electron chi connectivity index (χ4n) is 2.54. The molecule has 0 unspecified atom stereocenters. The Balaban J connectivity index is 2.48. The van der Waals surface area contributed by atoms with Gasteiger partial charge in [0.25, 0.3) is 0 Å². The molecule has 1 aliphatic heterocycles. The summed E-state index contributed by atoms with van der Waals surface area (Å²) in [6.07, 6.45) is 0. The number of carbonyl (C=O) groups is 1. The molecule has 2 rings (SSSR count). The van der Waals surface area contributed by atoms with Crippen molar-refractivity contribution in [2.45, 2.75) is 13.0 Å². The maximum absolute atomic E-state index is 13.5. The summed E-state index contributed by atoms with van der Waals surface area (Å²) in [5.41, 5.74) is 1.69. The number of thiocarbonyl (C=S) groups is 1. The molecule has 0 saturated carbocycles. The molecule has 0 saturated heterocycles. The Morgan fingerprint density at radius 2 is 2.17 bits per heavy atom. The Bertz CT molecular complexity index is 648. The van der Waals surface area contributed by atoms with Crippen LogP contribution in [0.2, 0.25) is 0 Å². The van der Waals surface area contributed by atoms with Gasteiger partial charge in [0.05, 0.1) is 25.3 Å². The minimum Gasteiger partial charge on any atom is -0.466 e. The van der Waals surface area contributed by atoms with Crippen molar-refractivity contribution in [3.05, 3.63) is 46.9 Å². The Morgan fingerprint density at radius 1 is 1.43 bits per heavy atom. The highest BCUT2D eigenvalue weighted by atomic mass is 32.1. The Labute approximate surface area is 140 Å². The summed E-state index contributed by atoms with van der Waals surface area (Å²) in [7, 11) is 2.91. The predicted octanol–water partition coefficient (Wildman–Crippen LogP) is 2.15. The predicted molar refractivity (Wildman–Crippen MR) is 88.2 cm³/mol. The van der Waals surface area contributed by atoms with E-state index in [9.17, 15) is 9.18 Å². The lowest BCUT2D eigenvalue weighted by Gasteiger charge is -2.37.